The molecule has 0 aliphatic rings. The van der Waals surface area contributed by atoms with Crippen LogP contribution >= 0.6 is 33.9 Å². The van der Waals surface area contributed by atoms with Crippen molar-refractivity contribution in [3.63, 3.8) is 0 Å². The first-order chi connectivity index (χ1) is 7.06. The van der Waals surface area contributed by atoms with Crippen molar-refractivity contribution in [3.05, 3.63) is 26.0 Å². The first-order valence-electron chi connectivity index (χ1n) is 4.13. The summed E-state index contributed by atoms with van der Waals surface area (Å²) in [6.07, 6.45) is 2.49. The van der Waals surface area contributed by atoms with Crippen molar-refractivity contribution in [1.82, 2.24) is 0 Å². The second kappa shape index (κ2) is 5.28. The molecule has 1 aromatic heterocycles. The van der Waals surface area contributed by atoms with Crippen LogP contribution < -0.4 is 4.90 Å². The number of nitrogens with zero attached hydrogens (tertiary/aromatic N) is 2. The third-order valence-electron chi connectivity index (χ3n) is 1.70. The first-order valence-corrected chi connectivity index (χ1v) is 6.03. The minimum absolute atomic E-state index is 0.118. The van der Waals surface area contributed by atoms with Crippen LogP contribution in [-0.2, 0) is 0 Å². The number of hydrogen-bond acceptors (Lipinski definition) is 4. The zero-order valence-corrected chi connectivity index (χ0v) is 11.3. The highest BCUT2D eigenvalue weighted by molar-refractivity contribution is 14.1. The highest BCUT2D eigenvalue weighted by Crippen LogP contribution is 2.30. The van der Waals surface area contributed by atoms with Gasteiger partial charge in [0.25, 0.3) is 0 Å². The molecule has 0 atom stereocenters. The number of nitriles is 1. The van der Waals surface area contributed by atoms with Gasteiger partial charge >= 0.3 is 0 Å². The summed E-state index contributed by atoms with van der Waals surface area (Å²) in [5, 5.41) is 8.31. The van der Waals surface area contributed by atoms with Crippen molar-refractivity contribution < 1.29 is 4.79 Å². The fourth-order valence-corrected chi connectivity index (χ4v) is 3.21. The standard InChI is InChI=1S/C10H9IN2OS/c1-13(2)7-6-9(15-10(7)11)8(14)4-3-5-12/h3-4,6H,1-2H3. The predicted octanol–water partition coefficient (Wildman–Crippen LogP) is 2.68. The molecule has 0 unspecified atom stereocenters. The van der Waals surface area contributed by atoms with Crippen molar-refractivity contribution in [2.45, 2.75) is 0 Å². The van der Waals surface area contributed by atoms with E-state index in [-0.39, 0.29) is 5.78 Å². The lowest BCUT2D eigenvalue weighted by Crippen LogP contribution is -2.08. The molecule has 3 nitrogen and oxygen atoms in total. The zero-order valence-electron chi connectivity index (χ0n) is 8.32. The average molecular weight is 332 g/mol. The molecule has 0 amide bonds. The molecule has 0 radical (unpaired) electrons. The number of allylic oxidation sites excluding steroid dienone is 2. The van der Waals surface area contributed by atoms with Crippen molar-refractivity contribution in [3.8, 4) is 6.07 Å². The Morgan fingerprint density at radius 3 is 2.80 bits per heavy atom. The van der Waals surface area contributed by atoms with Crippen molar-refractivity contribution in [2.24, 2.45) is 0 Å². The third kappa shape index (κ3) is 3.04. The van der Waals surface area contributed by atoms with Gasteiger partial charge in [0, 0.05) is 20.2 Å². The molecule has 0 aromatic carbocycles. The van der Waals surface area contributed by atoms with E-state index in [9.17, 15) is 4.79 Å². The maximum atomic E-state index is 11.5. The highest BCUT2D eigenvalue weighted by atomic mass is 127. The Bertz CT molecular complexity index is 443. The molecule has 0 spiro atoms. The molecule has 5 heteroatoms. The highest BCUT2D eigenvalue weighted by Gasteiger charge is 2.12. The van der Waals surface area contributed by atoms with Crippen LogP contribution in [0.5, 0.6) is 0 Å². The topological polar surface area (TPSA) is 44.1 Å². The molecule has 0 aliphatic heterocycles. The lowest BCUT2D eigenvalue weighted by atomic mass is 10.3. The summed E-state index contributed by atoms with van der Waals surface area (Å²) in [6.45, 7) is 0. The van der Waals surface area contributed by atoms with Crippen molar-refractivity contribution in [1.29, 1.82) is 5.26 Å². The molecule has 0 bridgehead atoms. The molecule has 0 saturated carbocycles. The molecular weight excluding hydrogens is 323 g/mol. The Hall–Kier alpha value is -0.870. The van der Waals surface area contributed by atoms with Crippen molar-refractivity contribution >= 4 is 45.4 Å². The van der Waals surface area contributed by atoms with Gasteiger partial charge in [0.2, 0.25) is 0 Å². The zero-order chi connectivity index (χ0) is 11.4. The lowest BCUT2D eigenvalue weighted by Gasteiger charge is -2.09. The molecule has 0 N–H and O–H groups in total. The molecule has 78 valence electrons. The monoisotopic (exact) mass is 332 g/mol. The average Bonchev–Trinajstić information content (AvgIpc) is 2.56. The van der Waals surface area contributed by atoms with Gasteiger partial charge in [0.15, 0.2) is 5.78 Å². The smallest absolute Gasteiger partial charge is 0.196 e. The quantitative estimate of drug-likeness (QED) is 0.370. The van der Waals surface area contributed by atoms with Crippen LogP contribution in [0, 0.1) is 14.2 Å². The minimum atomic E-state index is -0.118. The number of thiophene rings is 1. The third-order valence-corrected chi connectivity index (χ3v) is 3.84. The summed E-state index contributed by atoms with van der Waals surface area (Å²) in [6, 6.07) is 3.65. The van der Waals surface area contributed by atoms with Crippen molar-refractivity contribution in [2.75, 3.05) is 19.0 Å². The van der Waals surface area contributed by atoms with E-state index < -0.39 is 0 Å². The number of ketones is 1. The fourth-order valence-electron chi connectivity index (χ4n) is 0.981. The van der Waals surface area contributed by atoms with Crippen LogP contribution in [0.2, 0.25) is 0 Å². The maximum absolute atomic E-state index is 11.5. The molecule has 1 rings (SSSR count). The summed E-state index contributed by atoms with van der Waals surface area (Å²) in [5.41, 5.74) is 1.04. The van der Waals surface area contributed by atoms with Gasteiger partial charge in [-0.25, -0.2) is 0 Å². The Morgan fingerprint density at radius 1 is 1.67 bits per heavy atom. The van der Waals surface area contributed by atoms with E-state index in [0.717, 1.165) is 8.57 Å². The van der Waals surface area contributed by atoms with E-state index in [1.807, 2.05) is 25.1 Å². The van der Waals surface area contributed by atoms with Gasteiger partial charge in [-0.05, 0) is 34.7 Å². The molecule has 0 fully saturated rings. The Kier molecular flexibility index (Phi) is 4.29. The lowest BCUT2D eigenvalue weighted by molar-refractivity contribution is 0.105. The normalized spacial score (nSPS) is 10.3. The molecule has 1 aromatic rings. The molecule has 1 heterocycles. The van der Waals surface area contributed by atoms with Gasteiger partial charge in [-0.3, -0.25) is 4.79 Å². The summed E-state index contributed by atoms with van der Waals surface area (Å²) in [4.78, 5) is 14.2. The van der Waals surface area contributed by atoms with Gasteiger partial charge in [-0.15, -0.1) is 11.3 Å². The summed E-state index contributed by atoms with van der Waals surface area (Å²) in [7, 11) is 3.87. The van der Waals surface area contributed by atoms with E-state index in [1.165, 1.54) is 23.5 Å². The van der Waals surface area contributed by atoms with Gasteiger partial charge in [0.1, 0.15) is 0 Å². The maximum Gasteiger partial charge on any atom is 0.196 e. The SMILES string of the molecule is CN(C)c1cc(C(=O)C=CC#N)sc1I. The molecular formula is C10H9IN2OS. The van der Waals surface area contributed by atoms with Crippen LogP contribution in [0.3, 0.4) is 0 Å². The summed E-state index contributed by atoms with van der Waals surface area (Å²) < 4.78 is 1.08. The number of carbonyl (C=O) groups is 1. The number of anilines is 1. The first kappa shape index (κ1) is 12.2. The number of rotatable bonds is 3. The van der Waals surface area contributed by atoms with E-state index in [0.29, 0.717) is 4.88 Å². The van der Waals surface area contributed by atoms with Gasteiger partial charge in [-0.2, -0.15) is 5.26 Å². The Labute approximate surface area is 106 Å². The number of carbonyl (C=O) groups excluding carboxylic acids is 1. The van der Waals surface area contributed by atoms with E-state index >= 15 is 0 Å². The van der Waals surface area contributed by atoms with E-state index in [1.54, 1.807) is 6.07 Å². The molecule has 0 saturated heterocycles. The van der Waals surface area contributed by atoms with Gasteiger partial charge in [-0.1, -0.05) is 0 Å². The predicted molar refractivity (Wildman–Crippen MR) is 70.4 cm³/mol. The van der Waals surface area contributed by atoms with Crippen LogP contribution in [-0.4, -0.2) is 19.9 Å². The largest absolute Gasteiger partial charge is 0.376 e. The van der Waals surface area contributed by atoms with Crippen LogP contribution in [0.1, 0.15) is 9.67 Å². The van der Waals surface area contributed by atoms with Crippen LogP contribution in [0.25, 0.3) is 0 Å². The second-order valence-corrected chi connectivity index (χ2v) is 5.85. The fraction of sp³-hybridized carbons (Fsp3) is 0.200. The van der Waals surface area contributed by atoms with Crippen LogP contribution in [0.4, 0.5) is 5.69 Å². The Balaban J connectivity index is 2.98. The second-order valence-electron chi connectivity index (χ2n) is 2.99. The van der Waals surface area contributed by atoms with Crippen LogP contribution in [0.15, 0.2) is 18.2 Å². The molecule has 15 heavy (non-hydrogen) atoms. The summed E-state index contributed by atoms with van der Waals surface area (Å²) in [5.74, 6) is -0.118. The number of halogens is 1. The minimum Gasteiger partial charge on any atom is -0.376 e. The molecule has 0 aliphatic carbocycles. The number of hydrogen-bond donors (Lipinski definition) is 0. The van der Waals surface area contributed by atoms with Gasteiger partial charge in [0.05, 0.1) is 19.5 Å². The van der Waals surface area contributed by atoms with Gasteiger partial charge < -0.3 is 4.90 Å². The van der Waals surface area contributed by atoms with E-state index in [4.69, 9.17) is 5.26 Å². The Morgan fingerprint density at radius 2 is 2.33 bits per heavy atom. The summed E-state index contributed by atoms with van der Waals surface area (Å²) >= 11 is 3.64. The van der Waals surface area contributed by atoms with E-state index in [2.05, 4.69) is 22.6 Å².